The molecule has 0 spiro atoms. The molecule has 0 unspecified atom stereocenters. The van der Waals surface area contributed by atoms with Crippen LogP contribution < -0.4 is 10.5 Å². The summed E-state index contributed by atoms with van der Waals surface area (Å²) in [7, 11) is 0. The number of nitrogens with two attached hydrogens (primary N) is 1. The van der Waals surface area contributed by atoms with E-state index in [1.54, 1.807) is 12.1 Å². The summed E-state index contributed by atoms with van der Waals surface area (Å²) in [6.45, 7) is 0. The third kappa shape index (κ3) is 3.31. The van der Waals surface area contributed by atoms with Crippen LogP contribution in [0.3, 0.4) is 0 Å². The average molecular weight is 367 g/mol. The van der Waals surface area contributed by atoms with Gasteiger partial charge in [-0.2, -0.15) is 0 Å². The van der Waals surface area contributed by atoms with Crippen molar-refractivity contribution in [2.24, 2.45) is 5.73 Å². The molecule has 4 nitrogen and oxygen atoms in total. The minimum absolute atomic E-state index is 0.370. The van der Waals surface area contributed by atoms with E-state index in [9.17, 15) is 9.59 Å². The maximum atomic E-state index is 11.9. The standard InChI is InChI=1S/C14H10INO3/c15-12-4-2-1-3-11(12)14(18)19-10-7-5-9(6-8-10)13(16)17/h1-8H,(H2,16,17). The number of esters is 1. The van der Waals surface area contributed by atoms with E-state index < -0.39 is 11.9 Å². The molecule has 0 aliphatic rings. The predicted octanol–water partition coefficient (Wildman–Crippen LogP) is 2.61. The molecule has 0 atom stereocenters. The zero-order valence-electron chi connectivity index (χ0n) is 9.80. The summed E-state index contributed by atoms with van der Waals surface area (Å²) in [6, 6.07) is 13.2. The number of amides is 1. The van der Waals surface area contributed by atoms with Crippen molar-refractivity contribution >= 4 is 34.5 Å². The van der Waals surface area contributed by atoms with Crippen molar-refractivity contribution in [1.29, 1.82) is 0 Å². The normalized spacial score (nSPS) is 9.95. The van der Waals surface area contributed by atoms with Crippen LogP contribution in [-0.4, -0.2) is 11.9 Å². The number of carbonyl (C=O) groups is 2. The SMILES string of the molecule is NC(=O)c1ccc(OC(=O)c2ccccc2I)cc1. The van der Waals surface area contributed by atoms with Crippen molar-refractivity contribution in [2.45, 2.75) is 0 Å². The van der Waals surface area contributed by atoms with Crippen molar-refractivity contribution in [3.63, 3.8) is 0 Å². The Morgan fingerprint density at radius 3 is 2.21 bits per heavy atom. The number of rotatable bonds is 3. The summed E-state index contributed by atoms with van der Waals surface area (Å²) in [6.07, 6.45) is 0. The highest BCUT2D eigenvalue weighted by Crippen LogP contribution is 2.17. The van der Waals surface area contributed by atoms with Gasteiger partial charge in [0.05, 0.1) is 5.56 Å². The molecule has 0 bridgehead atoms. The molecule has 0 aliphatic heterocycles. The zero-order chi connectivity index (χ0) is 13.8. The van der Waals surface area contributed by atoms with Crippen LogP contribution >= 0.6 is 22.6 Å². The molecule has 96 valence electrons. The molecular formula is C14H10INO3. The lowest BCUT2D eigenvalue weighted by atomic mass is 10.2. The molecule has 19 heavy (non-hydrogen) atoms. The molecule has 1 amide bonds. The van der Waals surface area contributed by atoms with Gasteiger partial charge in [0, 0.05) is 9.13 Å². The lowest BCUT2D eigenvalue weighted by molar-refractivity contribution is 0.0733. The van der Waals surface area contributed by atoms with Crippen LogP contribution in [0.5, 0.6) is 5.75 Å². The molecule has 0 saturated carbocycles. The molecule has 0 aromatic heterocycles. The second kappa shape index (κ2) is 5.83. The van der Waals surface area contributed by atoms with Gasteiger partial charge in [-0.1, -0.05) is 12.1 Å². The lowest BCUT2D eigenvalue weighted by Gasteiger charge is -2.06. The summed E-state index contributed by atoms with van der Waals surface area (Å²) in [5, 5.41) is 0. The predicted molar refractivity (Wildman–Crippen MR) is 79.1 cm³/mol. The largest absolute Gasteiger partial charge is 0.423 e. The average Bonchev–Trinajstić information content (AvgIpc) is 2.39. The Bertz CT molecular complexity index is 623. The molecule has 2 aromatic carbocycles. The highest BCUT2D eigenvalue weighted by atomic mass is 127. The van der Waals surface area contributed by atoms with E-state index in [1.165, 1.54) is 24.3 Å². The van der Waals surface area contributed by atoms with Crippen LogP contribution in [0.1, 0.15) is 20.7 Å². The van der Waals surface area contributed by atoms with Crippen LogP contribution in [0.25, 0.3) is 0 Å². The second-order valence-electron chi connectivity index (χ2n) is 3.76. The first-order valence-electron chi connectivity index (χ1n) is 5.44. The van der Waals surface area contributed by atoms with E-state index in [-0.39, 0.29) is 0 Å². The van der Waals surface area contributed by atoms with Crippen molar-refractivity contribution in [3.8, 4) is 5.75 Å². The molecular weight excluding hydrogens is 357 g/mol. The smallest absolute Gasteiger partial charge is 0.344 e. The van der Waals surface area contributed by atoms with Crippen molar-refractivity contribution in [3.05, 3.63) is 63.2 Å². The van der Waals surface area contributed by atoms with Gasteiger partial charge in [0.1, 0.15) is 5.75 Å². The molecule has 0 heterocycles. The number of primary amides is 1. The number of carbonyl (C=O) groups excluding carboxylic acids is 2. The van der Waals surface area contributed by atoms with E-state index in [1.807, 2.05) is 12.1 Å². The minimum Gasteiger partial charge on any atom is -0.423 e. The first-order chi connectivity index (χ1) is 9.08. The summed E-state index contributed by atoms with van der Waals surface area (Å²) in [5.74, 6) is -0.582. The monoisotopic (exact) mass is 367 g/mol. The van der Waals surface area contributed by atoms with Gasteiger partial charge in [-0.15, -0.1) is 0 Å². The molecule has 2 N–H and O–H groups in total. The van der Waals surface area contributed by atoms with Gasteiger partial charge in [-0.3, -0.25) is 4.79 Å². The number of ether oxygens (including phenoxy) is 1. The van der Waals surface area contributed by atoms with Crippen LogP contribution in [0.4, 0.5) is 0 Å². The fourth-order valence-corrected chi connectivity index (χ4v) is 2.08. The Labute approximate surface area is 123 Å². The highest BCUT2D eigenvalue weighted by Gasteiger charge is 2.11. The van der Waals surface area contributed by atoms with Crippen molar-refractivity contribution in [2.75, 3.05) is 0 Å². The molecule has 0 aliphatic carbocycles. The van der Waals surface area contributed by atoms with Gasteiger partial charge < -0.3 is 10.5 Å². The van der Waals surface area contributed by atoms with Crippen LogP contribution in [0, 0.1) is 3.57 Å². The number of benzene rings is 2. The number of halogens is 1. The molecule has 2 rings (SSSR count). The first-order valence-corrected chi connectivity index (χ1v) is 6.52. The number of hydrogen-bond acceptors (Lipinski definition) is 3. The Morgan fingerprint density at radius 2 is 1.63 bits per heavy atom. The van der Waals surface area contributed by atoms with Gasteiger partial charge in [0.15, 0.2) is 0 Å². The van der Waals surface area contributed by atoms with Gasteiger partial charge >= 0.3 is 5.97 Å². The fraction of sp³-hybridized carbons (Fsp3) is 0. The van der Waals surface area contributed by atoms with E-state index >= 15 is 0 Å². The third-order valence-electron chi connectivity index (χ3n) is 2.44. The molecule has 0 fully saturated rings. The van der Waals surface area contributed by atoms with Crippen LogP contribution in [0.2, 0.25) is 0 Å². The Balaban J connectivity index is 2.15. The van der Waals surface area contributed by atoms with Gasteiger partial charge in [0.25, 0.3) is 0 Å². The van der Waals surface area contributed by atoms with Crippen LogP contribution in [0.15, 0.2) is 48.5 Å². The quantitative estimate of drug-likeness (QED) is 0.515. The van der Waals surface area contributed by atoms with Crippen molar-refractivity contribution < 1.29 is 14.3 Å². The van der Waals surface area contributed by atoms with E-state index in [2.05, 4.69) is 22.6 Å². The topological polar surface area (TPSA) is 69.4 Å². The molecule has 2 aromatic rings. The van der Waals surface area contributed by atoms with E-state index in [0.29, 0.717) is 16.9 Å². The molecule has 0 radical (unpaired) electrons. The maximum absolute atomic E-state index is 11.9. The van der Waals surface area contributed by atoms with E-state index in [4.69, 9.17) is 10.5 Å². The second-order valence-corrected chi connectivity index (χ2v) is 4.92. The summed E-state index contributed by atoms with van der Waals surface area (Å²) < 4.78 is 6.04. The lowest BCUT2D eigenvalue weighted by Crippen LogP contribution is -2.12. The molecule has 0 saturated heterocycles. The minimum atomic E-state index is -0.518. The molecule has 5 heteroatoms. The fourth-order valence-electron chi connectivity index (χ4n) is 1.48. The van der Waals surface area contributed by atoms with Gasteiger partial charge in [0.2, 0.25) is 5.91 Å². The summed E-state index contributed by atoms with van der Waals surface area (Å²) in [5.41, 5.74) is 6.00. The van der Waals surface area contributed by atoms with Gasteiger partial charge in [-0.25, -0.2) is 4.79 Å². The highest BCUT2D eigenvalue weighted by molar-refractivity contribution is 14.1. The zero-order valence-corrected chi connectivity index (χ0v) is 12.0. The van der Waals surface area contributed by atoms with E-state index in [0.717, 1.165) is 3.57 Å². The Hall–Kier alpha value is -1.89. The Kier molecular flexibility index (Phi) is 4.16. The third-order valence-corrected chi connectivity index (χ3v) is 3.38. The summed E-state index contributed by atoms with van der Waals surface area (Å²) in [4.78, 5) is 22.8. The number of hydrogen-bond donors (Lipinski definition) is 1. The van der Waals surface area contributed by atoms with Crippen molar-refractivity contribution in [1.82, 2.24) is 0 Å². The maximum Gasteiger partial charge on any atom is 0.344 e. The first kappa shape index (κ1) is 13.5. The Morgan fingerprint density at radius 1 is 1.00 bits per heavy atom. The van der Waals surface area contributed by atoms with Crippen LogP contribution in [-0.2, 0) is 0 Å². The van der Waals surface area contributed by atoms with Gasteiger partial charge in [-0.05, 0) is 59.0 Å². The summed E-state index contributed by atoms with van der Waals surface area (Å²) >= 11 is 2.07.